The molecule has 1 fully saturated rings. The van der Waals surface area contributed by atoms with Crippen LogP contribution >= 0.6 is 11.3 Å². The summed E-state index contributed by atoms with van der Waals surface area (Å²) < 4.78 is 25.3. The summed E-state index contributed by atoms with van der Waals surface area (Å²) in [6.45, 7) is 3.71. The Labute approximate surface area is 173 Å². The van der Waals surface area contributed by atoms with Gasteiger partial charge in [-0.25, -0.2) is 9.67 Å². The van der Waals surface area contributed by atoms with Gasteiger partial charge in [0.1, 0.15) is 23.1 Å². The quantitative estimate of drug-likeness (QED) is 0.594. The molecule has 0 saturated carbocycles. The molecule has 0 radical (unpaired) electrons. The van der Waals surface area contributed by atoms with Crippen LogP contribution in [0, 0.1) is 0 Å². The summed E-state index contributed by atoms with van der Waals surface area (Å²) in [5.41, 5.74) is 1.98. The van der Waals surface area contributed by atoms with Crippen molar-refractivity contribution in [2.24, 2.45) is 0 Å². The predicted molar refractivity (Wildman–Crippen MR) is 110 cm³/mol. The maximum atomic E-state index is 6.02. The van der Waals surface area contributed by atoms with Gasteiger partial charge in [-0.3, -0.25) is 0 Å². The van der Waals surface area contributed by atoms with E-state index >= 15 is 0 Å². The highest BCUT2D eigenvalue weighted by Gasteiger charge is 2.23. The average Bonchev–Trinajstić information content (AvgIpc) is 3.37. The van der Waals surface area contributed by atoms with Crippen LogP contribution in [0.5, 0.6) is 5.75 Å². The zero-order chi connectivity index (χ0) is 19.5. The number of rotatable bonds is 1. The molecule has 0 aliphatic carbocycles. The molecule has 1 saturated heterocycles. The molecule has 2 aliphatic rings. The number of nitrogens with zero attached hydrogens (tertiary/aromatic N) is 3. The zero-order valence-electron chi connectivity index (χ0n) is 16.3. The zero-order valence-corrected chi connectivity index (χ0v) is 17.2. The minimum Gasteiger partial charge on any atom is -0.491 e. The average molecular weight is 416 g/mol. The van der Waals surface area contributed by atoms with Crippen molar-refractivity contribution in [2.45, 2.75) is 38.5 Å². The third-order valence-corrected chi connectivity index (χ3v) is 6.17. The molecule has 3 aromatic rings. The molecular formula is C21H25N3O4S. The molecule has 29 heavy (non-hydrogen) atoms. The van der Waals surface area contributed by atoms with Crippen LogP contribution in [0.15, 0.2) is 24.4 Å². The topological polar surface area (TPSA) is 67.6 Å². The molecule has 0 spiro atoms. The summed E-state index contributed by atoms with van der Waals surface area (Å²) in [7, 11) is 0. The summed E-state index contributed by atoms with van der Waals surface area (Å²) in [6.07, 6.45) is 5.98. The van der Waals surface area contributed by atoms with Crippen LogP contribution in [0.2, 0.25) is 0 Å². The van der Waals surface area contributed by atoms with Crippen molar-refractivity contribution in [1.82, 2.24) is 14.8 Å². The van der Waals surface area contributed by atoms with Crippen LogP contribution in [-0.4, -0.2) is 47.8 Å². The van der Waals surface area contributed by atoms with Gasteiger partial charge in [0.2, 0.25) is 0 Å². The molecule has 8 heteroatoms. The van der Waals surface area contributed by atoms with E-state index in [-0.39, 0.29) is 6.23 Å². The van der Waals surface area contributed by atoms with Crippen molar-refractivity contribution in [2.75, 3.05) is 33.0 Å². The molecule has 4 bridgehead atoms. The molecule has 1 aromatic carbocycles. The summed E-state index contributed by atoms with van der Waals surface area (Å²) in [5, 5.41) is 6.98. The predicted octanol–water partition coefficient (Wildman–Crippen LogP) is 4.17. The highest BCUT2D eigenvalue weighted by atomic mass is 32.1. The second-order valence-corrected chi connectivity index (χ2v) is 8.39. The van der Waals surface area contributed by atoms with E-state index in [4.69, 9.17) is 24.0 Å². The number of hydrogen-bond acceptors (Lipinski definition) is 7. The summed E-state index contributed by atoms with van der Waals surface area (Å²) in [6, 6.07) is 6.15. The van der Waals surface area contributed by atoms with Crippen molar-refractivity contribution in [1.29, 1.82) is 0 Å². The third kappa shape index (κ3) is 4.16. The van der Waals surface area contributed by atoms with Gasteiger partial charge < -0.3 is 18.9 Å². The van der Waals surface area contributed by atoms with Crippen molar-refractivity contribution in [3.8, 4) is 16.3 Å². The minimum absolute atomic E-state index is 0.0231. The lowest BCUT2D eigenvalue weighted by atomic mass is 10.1. The van der Waals surface area contributed by atoms with Crippen LogP contribution in [0.3, 0.4) is 0 Å². The smallest absolute Gasteiger partial charge is 0.150 e. The number of hydrogen-bond donors (Lipinski definition) is 0. The Bertz CT molecular complexity index is 964. The fourth-order valence-corrected chi connectivity index (χ4v) is 4.61. The van der Waals surface area contributed by atoms with Crippen molar-refractivity contribution in [3.05, 3.63) is 29.4 Å². The molecule has 2 aromatic heterocycles. The standard InChI is InChI=1S/C21H25N3O4S/c1-2-9-28-20(4-1)24-17-6-5-15-12-16(17)21(23-24)18-13-22-19(29-18)14-26-8-3-7-25-10-11-27-15/h5-6,12-13,20H,1-4,7-11,14H2. The first kappa shape index (κ1) is 19.0. The second kappa shape index (κ2) is 8.79. The second-order valence-electron chi connectivity index (χ2n) is 7.28. The lowest BCUT2D eigenvalue weighted by molar-refractivity contribution is -0.0365. The summed E-state index contributed by atoms with van der Waals surface area (Å²) in [5.74, 6) is 0.826. The van der Waals surface area contributed by atoms with Crippen LogP contribution in [0.25, 0.3) is 21.5 Å². The Morgan fingerprint density at radius 3 is 2.90 bits per heavy atom. The van der Waals surface area contributed by atoms with Gasteiger partial charge in [-0.1, -0.05) is 0 Å². The van der Waals surface area contributed by atoms with Gasteiger partial charge in [-0.05, 0) is 43.9 Å². The molecule has 5 rings (SSSR count). The third-order valence-electron chi connectivity index (χ3n) is 5.19. The fourth-order valence-electron chi connectivity index (χ4n) is 3.76. The van der Waals surface area contributed by atoms with E-state index in [0.717, 1.165) is 64.5 Å². The first-order valence-electron chi connectivity index (χ1n) is 10.3. The molecule has 1 unspecified atom stereocenters. The lowest BCUT2D eigenvalue weighted by Crippen LogP contribution is -2.19. The van der Waals surface area contributed by atoms with Gasteiger partial charge in [0.05, 0.1) is 23.6 Å². The van der Waals surface area contributed by atoms with Gasteiger partial charge in [-0.15, -0.1) is 11.3 Å². The van der Waals surface area contributed by atoms with E-state index in [0.29, 0.717) is 33.0 Å². The van der Waals surface area contributed by atoms with E-state index in [1.807, 2.05) is 16.9 Å². The Hall–Kier alpha value is -2.00. The van der Waals surface area contributed by atoms with Crippen LogP contribution < -0.4 is 4.74 Å². The van der Waals surface area contributed by atoms with Crippen LogP contribution in [0.1, 0.15) is 36.9 Å². The lowest BCUT2D eigenvalue weighted by Gasteiger charge is -2.23. The maximum Gasteiger partial charge on any atom is 0.150 e. The highest BCUT2D eigenvalue weighted by Crippen LogP contribution is 2.37. The number of fused-ring (bicyclic) bond motifs is 4. The number of aromatic nitrogens is 3. The van der Waals surface area contributed by atoms with Gasteiger partial charge in [0, 0.05) is 31.4 Å². The molecule has 0 N–H and O–H groups in total. The van der Waals surface area contributed by atoms with E-state index in [1.165, 1.54) is 0 Å². The molecular weight excluding hydrogens is 390 g/mol. The SMILES string of the molecule is c1cc2c3cc1OCCOCCCOCc1ncc(s1)-c3nn2C1CCCCO1. The minimum atomic E-state index is -0.0231. The van der Waals surface area contributed by atoms with E-state index in [2.05, 4.69) is 17.1 Å². The normalized spacial score (nSPS) is 21.3. The van der Waals surface area contributed by atoms with Crippen molar-refractivity contribution >= 4 is 22.2 Å². The number of ether oxygens (including phenoxy) is 4. The van der Waals surface area contributed by atoms with E-state index in [9.17, 15) is 0 Å². The fraction of sp³-hybridized carbons (Fsp3) is 0.524. The molecule has 1 atom stereocenters. The van der Waals surface area contributed by atoms with Crippen molar-refractivity contribution < 1.29 is 18.9 Å². The van der Waals surface area contributed by atoms with Crippen LogP contribution in [-0.2, 0) is 20.8 Å². The van der Waals surface area contributed by atoms with Crippen LogP contribution in [0.4, 0.5) is 0 Å². The summed E-state index contributed by atoms with van der Waals surface area (Å²) >= 11 is 1.63. The molecule has 0 amide bonds. The Morgan fingerprint density at radius 1 is 1.00 bits per heavy atom. The first-order chi connectivity index (χ1) is 14.4. The largest absolute Gasteiger partial charge is 0.491 e. The molecule has 154 valence electrons. The Kier molecular flexibility index (Phi) is 5.76. The monoisotopic (exact) mass is 415 g/mol. The number of thiazole rings is 1. The molecule has 2 aliphatic heterocycles. The van der Waals surface area contributed by atoms with E-state index in [1.54, 1.807) is 11.3 Å². The van der Waals surface area contributed by atoms with Crippen molar-refractivity contribution in [3.63, 3.8) is 0 Å². The Balaban J connectivity index is 1.56. The molecule has 4 heterocycles. The maximum absolute atomic E-state index is 6.02. The first-order valence-corrected chi connectivity index (χ1v) is 11.1. The summed E-state index contributed by atoms with van der Waals surface area (Å²) in [4.78, 5) is 5.58. The van der Waals surface area contributed by atoms with E-state index < -0.39 is 0 Å². The van der Waals surface area contributed by atoms with Gasteiger partial charge in [0.15, 0.2) is 6.23 Å². The highest BCUT2D eigenvalue weighted by molar-refractivity contribution is 7.15. The Morgan fingerprint density at radius 2 is 1.97 bits per heavy atom. The molecule has 7 nitrogen and oxygen atoms in total. The van der Waals surface area contributed by atoms with Gasteiger partial charge >= 0.3 is 0 Å². The number of benzene rings is 1. The van der Waals surface area contributed by atoms with Gasteiger partial charge in [0.25, 0.3) is 0 Å². The van der Waals surface area contributed by atoms with Gasteiger partial charge in [-0.2, -0.15) is 5.10 Å².